The topological polar surface area (TPSA) is 61.8 Å². The van der Waals surface area contributed by atoms with E-state index in [0.717, 1.165) is 12.0 Å². The van der Waals surface area contributed by atoms with Crippen LogP contribution < -0.4 is 0 Å². The standard InChI is InChI=1S/C27H42O5Si/c1-14-12-26-15(2)11-17-19(25(17,7)8)18(21(26)28)20(32-33(9,10)24(4,5)6)16(3)22-27(26,13-14)31-23(29)30-22/h12,15-20,22H,11,13H2,1-10H3/t15-,16+,17?,18-,19-,20-,22?,26+,27-/m1/s1. The summed E-state index contributed by atoms with van der Waals surface area (Å²) >= 11 is 0. The third-order valence-electron chi connectivity index (χ3n) is 10.9. The van der Waals surface area contributed by atoms with E-state index in [2.05, 4.69) is 74.6 Å². The minimum absolute atomic E-state index is 0.0170. The monoisotopic (exact) mass is 474 g/mol. The molecule has 5 nitrogen and oxygen atoms in total. The van der Waals surface area contributed by atoms with Crippen LogP contribution in [0.2, 0.25) is 18.1 Å². The van der Waals surface area contributed by atoms with Gasteiger partial charge in [0.2, 0.25) is 0 Å². The molecule has 33 heavy (non-hydrogen) atoms. The third-order valence-corrected chi connectivity index (χ3v) is 15.3. The van der Waals surface area contributed by atoms with E-state index in [4.69, 9.17) is 13.9 Å². The SMILES string of the molecule is CC1=C[C@]23C(=O)[C@@H]([C@H](O[Si](C)(C)C(C)(C)C)[C@H](C)C4OC(=O)O[C@]42C1)[C@H]1C(C[C@H]3C)C1(C)C. The number of Topliss-reactive ketones (excluding diaryl/α,β-unsaturated/α-hetero) is 1. The fraction of sp³-hybridized carbons (Fsp3) is 0.852. The Kier molecular flexibility index (Phi) is 4.67. The zero-order valence-corrected chi connectivity index (χ0v) is 23.1. The van der Waals surface area contributed by atoms with Gasteiger partial charge < -0.3 is 13.9 Å². The van der Waals surface area contributed by atoms with Crippen LogP contribution in [0.25, 0.3) is 0 Å². The first-order valence-electron chi connectivity index (χ1n) is 12.8. The number of hydrogen-bond donors (Lipinski definition) is 0. The molecule has 0 aromatic carbocycles. The lowest BCUT2D eigenvalue weighted by molar-refractivity contribution is -0.148. The molecule has 5 rings (SSSR count). The summed E-state index contributed by atoms with van der Waals surface area (Å²) in [5.74, 6) is 0.775. The molecule has 0 radical (unpaired) electrons. The first-order valence-corrected chi connectivity index (χ1v) is 15.7. The number of hydrogen-bond acceptors (Lipinski definition) is 5. The summed E-state index contributed by atoms with van der Waals surface area (Å²) in [6.07, 6.45) is 2.32. The van der Waals surface area contributed by atoms with Gasteiger partial charge in [-0.1, -0.05) is 60.1 Å². The summed E-state index contributed by atoms with van der Waals surface area (Å²) in [6.45, 7) is 22.3. The molecule has 1 heterocycles. The number of carbonyl (C=O) groups excluding carboxylic acids is 2. The van der Waals surface area contributed by atoms with E-state index >= 15 is 0 Å². The highest BCUT2D eigenvalue weighted by atomic mass is 28.4. The lowest BCUT2D eigenvalue weighted by atomic mass is 9.59. The largest absolute Gasteiger partial charge is 0.509 e. The highest BCUT2D eigenvalue weighted by Crippen LogP contribution is 2.74. The van der Waals surface area contributed by atoms with Crippen molar-refractivity contribution in [3.8, 4) is 0 Å². The molecule has 2 unspecified atom stereocenters. The Balaban J connectivity index is 1.73. The van der Waals surface area contributed by atoms with Crippen LogP contribution in [-0.4, -0.2) is 38.1 Å². The van der Waals surface area contributed by atoms with Gasteiger partial charge >= 0.3 is 6.16 Å². The van der Waals surface area contributed by atoms with Gasteiger partial charge in [0.05, 0.1) is 11.5 Å². The molecule has 6 heteroatoms. The third kappa shape index (κ3) is 2.74. The Bertz CT molecular complexity index is 945. The summed E-state index contributed by atoms with van der Waals surface area (Å²) < 4.78 is 19.3. The summed E-state index contributed by atoms with van der Waals surface area (Å²) in [4.78, 5) is 27.6. The summed E-state index contributed by atoms with van der Waals surface area (Å²) in [5, 5.41) is 0.0170. The van der Waals surface area contributed by atoms with Crippen LogP contribution in [0.5, 0.6) is 0 Å². The fourth-order valence-electron chi connectivity index (χ4n) is 8.13. The molecule has 4 fully saturated rings. The van der Waals surface area contributed by atoms with Crippen molar-refractivity contribution >= 4 is 20.3 Å². The molecule has 0 amide bonds. The van der Waals surface area contributed by atoms with Crippen molar-refractivity contribution in [2.45, 2.75) is 104 Å². The van der Waals surface area contributed by atoms with Crippen molar-refractivity contribution in [2.75, 3.05) is 0 Å². The van der Waals surface area contributed by atoms with Crippen molar-refractivity contribution in [1.82, 2.24) is 0 Å². The highest BCUT2D eigenvalue weighted by Gasteiger charge is 2.80. The molecular formula is C27H42O5Si. The van der Waals surface area contributed by atoms with Gasteiger partial charge in [-0.15, -0.1) is 0 Å². The quantitative estimate of drug-likeness (QED) is 0.273. The van der Waals surface area contributed by atoms with Gasteiger partial charge in [-0.3, -0.25) is 4.79 Å². The first kappa shape index (κ1) is 23.6. The van der Waals surface area contributed by atoms with Crippen LogP contribution in [0.3, 0.4) is 0 Å². The minimum atomic E-state index is -2.20. The number of fused-ring (bicyclic) bond motifs is 3. The van der Waals surface area contributed by atoms with Crippen molar-refractivity contribution in [1.29, 1.82) is 0 Å². The maximum absolute atomic E-state index is 14.9. The van der Waals surface area contributed by atoms with Crippen LogP contribution >= 0.6 is 0 Å². The van der Waals surface area contributed by atoms with E-state index in [1.807, 2.05) is 0 Å². The van der Waals surface area contributed by atoms with Gasteiger partial charge in [-0.25, -0.2) is 4.79 Å². The van der Waals surface area contributed by atoms with E-state index in [1.54, 1.807) is 0 Å². The normalized spacial score (nSPS) is 47.9. The summed E-state index contributed by atoms with van der Waals surface area (Å²) in [5.41, 5.74) is -0.536. The lowest BCUT2D eigenvalue weighted by Crippen LogP contribution is -2.59. The second-order valence-electron chi connectivity index (χ2n) is 14.0. The van der Waals surface area contributed by atoms with Crippen LogP contribution in [0, 0.1) is 40.4 Å². The Morgan fingerprint density at radius 1 is 1.15 bits per heavy atom. The number of rotatable bonds is 2. The molecule has 2 bridgehead atoms. The van der Waals surface area contributed by atoms with E-state index in [9.17, 15) is 9.59 Å². The maximum atomic E-state index is 14.9. The fourth-order valence-corrected chi connectivity index (χ4v) is 9.52. The van der Waals surface area contributed by atoms with Gasteiger partial charge in [0.15, 0.2) is 25.8 Å². The Hall–Kier alpha value is -1.14. The summed E-state index contributed by atoms with van der Waals surface area (Å²) in [6, 6.07) is 0. The predicted molar refractivity (Wildman–Crippen MR) is 129 cm³/mol. The van der Waals surface area contributed by atoms with Crippen LogP contribution in [0.1, 0.15) is 68.2 Å². The maximum Gasteiger partial charge on any atom is 0.509 e. The second-order valence-corrected chi connectivity index (χ2v) is 18.8. The molecule has 5 aliphatic rings. The van der Waals surface area contributed by atoms with E-state index in [1.165, 1.54) is 0 Å². The van der Waals surface area contributed by atoms with Crippen LogP contribution in [-0.2, 0) is 18.7 Å². The van der Waals surface area contributed by atoms with Crippen molar-refractivity contribution in [2.24, 2.45) is 40.4 Å². The smallest absolute Gasteiger partial charge is 0.426 e. The first-order chi connectivity index (χ1) is 15.0. The predicted octanol–water partition coefficient (Wildman–Crippen LogP) is 6.13. The highest BCUT2D eigenvalue weighted by molar-refractivity contribution is 6.74. The number of ether oxygens (including phenoxy) is 2. The molecule has 9 atom stereocenters. The molecule has 1 saturated heterocycles. The Morgan fingerprint density at radius 2 is 1.79 bits per heavy atom. The molecule has 0 aromatic heterocycles. The van der Waals surface area contributed by atoms with Crippen molar-refractivity contribution in [3.63, 3.8) is 0 Å². The molecule has 4 aliphatic carbocycles. The van der Waals surface area contributed by atoms with Crippen LogP contribution in [0.15, 0.2) is 11.6 Å². The number of ketones is 1. The van der Waals surface area contributed by atoms with Crippen molar-refractivity contribution in [3.05, 3.63) is 11.6 Å². The second kappa shape index (κ2) is 6.54. The van der Waals surface area contributed by atoms with Gasteiger partial charge in [0.25, 0.3) is 0 Å². The average molecular weight is 475 g/mol. The molecule has 1 aliphatic heterocycles. The Labute approximate surface area is 200 Å². The minimum Gasteiger partial charge on any atom is -0.426 e. The molecular weight excluding hydrogens is 432 g/mol. The van der Waals surface area contributed by atoms with Crippen molar-refractivity contribution < 1.29 is 23.5 Å². The van der Waals surface area contributed by atoms with Gasteiger partial charge in [0, 0.05) is 18.3 Å². The molecule has 0 aromatic rings. The van der Waals surface area contributed by atoms with Gasteiger partial charge in [0.1, 0.15) is 0 Å². The summed E-state index contributed by atoms with van der Waals surface area (Å²) in [7, 11) is -2.20. The molecule has 184 valence electrons. The van der Waals surface area contributed by atoms with Crippen LogP contribution in [0.4, 0.5) is 4.79 Å². The Morgan fingerprint density at radius 3 is 2.39 bits per heavy atom. The molecule has 3 saturated carbocycles. The molecule has 2 spiro atoms. The van der Waals surface area contributed by atoms with E-state index in [0.29, 0.717) is 18.3 Å². The van der Waals surface area contributed by atoms with E-state index in [-0.39, 0.29) is 40.1 Å². The van der Waals surface area contributed by atoms with Gasteiger partial charge in [-0.2, -0.15) is 0 Å². The lowest BCUT2D eigenvalue weighted by Gasteiger charge is -2.45. The molecule has 0 N–H and O–H groups in total. The number of carbonyl (C=O) groups is 2. The zero-order valence-electron chi connectivity index (χ0n) is 22.1. The zero-order chi connectivity index (χ0) is 24.5. The van der Waals surface area contributed by atoms with E-state index < -0.39 is 31.6 Å². The average Bonchev–Trinajstić information content (AvgIpc) is 2.95. The van der Waals surface area contributed by atoms with Gasteiger partial charge in [-0.05, 0) is 54.6 Å².